The van der Waals surface area contributed by atoms with Crippen molar-refractivity contribution in [2.45, 2.75) is 39.2 Å². The largest absolute Gasteiger partial charge is 0.353 e. The SMILES string of the molecule is CC1CCC(Nc2nc3ccc([N+](=O)[O-])cc3[nH]2)C(C)C1. The lowest BCUT2D eigenvalue weighted by Crippen LogP contribution is -2.33. The molecule has 2 N–H and O–H groups in total. The third-order valence-corrected chi connectivity index (χ3v) is 4.43. The Morgan fingerprint density at radius 1 is 1.38 bits per heavy atom. The summed E-state index contributed by atoms with van der Waals surface area (Å²) in [5.41, 5.74) is 1.53. The Morgan fingerprint density at radius 2 is 2.19 bits per heavy atom. The Balaban J connectivity index is 1.80. The molecule has 0 aliphatic heterocycles. The van der Waals surface area contributed by atoms with Gasteiger partial charge in [-0.05, 0) is 37.2 Å². The molecule has 6 nitrogen and oxygen atoms in total. The second kappa shape index (κ2) is 5.35. The van der Waals surface area contributed by atoms with Crippen molar-refractivity contribution in [1.82, 2.24) is 9.97 Å². The lowest BCUT2D eigenvalue weighted by atomic mass is 9.80. The van der Waals surface area contributed by atoms with Crippen LogP contribution in [0.4, 0.5) is 11.6 Å². The van der Waals surface area contributed by atoms with E-state index in [0.717, 1.165) is 17.9 Å². The highest BCUT2D eigenvalue weighted by Gasteiger charge is 2.25. The van der Waals surface area contributed by atoms with E-state index >= 15 is 0 Å². The molecule has 3 atom stereocenters. The van der Waals surface area contributed by atoms with Crippen LogP contribution in [-0.2, 0) is 0 Å². The summed E-state index contributed by atoms with van der Waals surface area (Å²) in [6.45, 7) is 4.56. The number of rotatable bonds is 3. The highest BCUT2D eigenvalue weighted by atomic mass is 16.6. The Hall–Kier alpha value is -2.11. The summed E-state index contributed by atoms with van der Waals surface area (Å²) >= 11 is 0. The van der Waals surface area contributed by atoms with Crippen LogP contribution in [0.5, 0.6) is 0 Å². The van der Waals surface area contributed by atoms with Crippen molar-refractivity contribution in [3.63, 3.8) is 0 Å². The number of nitrogens with one attached hydrogen (secondary N) is 2. The fraction of sp³-hybridized carbons (Fsp3) is 0.533. The number of hydrogen-bond donors (Lipinski definition) is 2. The number of fused-ring (bicyclic) bond motifs is 1. The standard InChI is InChI=1S/C15H20N4O2/c1-9-3-5-12(10(2)7-9)16-15-17-13-6-4-11(19(20)21)8-14(13)18-15/h4,6,8-10,12H,3,5,7H2,1-2H3,(H2,16,17,18). The number of anilines is 1. The number of hydrogen-bond acceptors (Lipinski definition) is 4. The number of non-ortho nitro benzene ring substituents is 1. The van der Waals surface area contributed by atoms with Gasteiger partial charge in [0.15, 0.2) is 0 Å². The van der Waals surface area contributed by atoms with Gasteiger partial charge < -0.3 is 10.3 Å². The van der Waals surface area contributed by atoms with Crippen molar-refractivity contribution < 1.29 is 4.92 Å². The minimum absolute atomic E-state index is 0.0811. The van der Waals surface area contributed by atoms with Gasteiger partial charge in [0.25, 0.3) is 5.69 Å². The summed E-state index contributed by atoms with van der Waals surface area (Å²) in [6.07, 6.45) is 3.59. The fourth-order valence-corrected chi connectivity index (χ4v) is 3.23. The van der Waals surface area contributed by atoms with Crippen molar-refractivity contribution >= 4 is 22.7 Å². The molecular weight excluding hydrogens is 268 g/mol. The monoisotopic (exact) mass is 288 g/mol. The zero-order valence-corrected chi connectivity index (χ0v) is 12.3. The highest BCUT2D eigenvalue weighted by molar-refractivity contribution is 5.79. The van der Waals surface area contributed by atoms with Gasteiger partial charge >= 0.3 is 0 Å². The summed E-state index contributed by atoms with van der Waals surface area (Å²) in [7, 11) is 0. The number of imidazole rings is 1. The predicted molar refractivity (Wildman–Crippen MR) is 82.3 cm³/mol. The number of H-pyrrole nitrogens is 1. The van der Waals surface area contributed by atoms with E-state index in [4.69, 9.17) is 0 Å². The van der Waals surface area contributed by atoms with E-state index in [2.05, 4.69) is 29.1 Å². The molecule has 0 bridgehead atoms. The Labute approximate surface area is 123 Å². The van der Waals surface area contributed by atoms with E-state index in [-0.39, 0.29) is 5.69 Å². The van der Waals surface area contributed by atoms with Crippen LogP contribution in [0.1, 0.15) is 33.1 Å². The van der Waals surface area contributed by atoms with Crippen LogP contribution in [0, 0.1) is 22.0 Å². The summed E-state index contributed by atoms with van der Waals surface area (Å²) < 4.78 is 0. The maximum Gasteiger partial charge on any atom is 0.271 e. The number of nitro benzene ring substituents is 1. The zero-order chi connectivity index (χ0) is 15.0. The van der Waals surface area contributed by atoms with E-state index in [1.54, 1.807) is 6.07 Å². The smallest absolute Gasteiger partial charge is 0.271 e. The number of nitro groups is 1. The van der Waals surface area contributed by atoms with E-state index in [1.807, 2.05) is 0 Å². The van der Waals surface area contributed by atoms with Crippen LogP contribution in [-0.4, -0.2) is 20.9 Å². The first-order valence-corrected chi connectivity index (χ1v) is 7.43. The quantitative estimate of drug-likeness (QED) is 0.666. The van der Waals surface area contributed by atoms with Crippen molar-refractivity contribution in [3.8, 4) is 0 Å². The molecule has 1 aromatic heterocycles. The first-order chi connectivity index (χ1) is 10.0. The molecule has 0 amide bonds. The average Bonchev–Trinajstić information content (AvgIpc) is 2.83. The fourth-order valence-electron chi connectivity index (χ4n) is 3.23. The second-order valence-corrected chi connectivity index (χ2v) is 6.19. The number of aromatic nitrogens is 2. The maximum atomic E-state index is 10.8. The molecule has 0 saturated heterocycles. The summed E-state index contributed by atoms with van der Waals surface area (Å²) in [5, 5.41) is 14.3. The van der Waals surface area contributed by atoms with Crippen molar-refractivity contribution in [2.24, 2.45) is 11.8 Å². The number of benzene rings is 1. The van der Waals surface area contributed by atoms with Gasteiger partial charge in [-0.25, -0.2) is 4.98 Å². The van der Waals surface area contributed by atoms with Gasteiger partial charge in [0.05, 0.1) is 16.0 Å². The summed E-state index contributed by atoms with van der Waals surface area (Å²) in [6, 6.07) is 5.11. The molecule has 3 unspecified atom stereocenters. The lowest BCUT2D eigenvalue weighted by Gasteiger charge is -2.33. The lowest BCUT2D eigenvalue weighted by molar-refractivity contribution is -0.384. The van der Waals surface area contributed by atoms with Crippen LogP contribution >= 0.6 is 0 Å². The van der Waals surface area contributed by atoms with E-state index < -0.39 is 4.92 Å². The molecule has 1 aromatic carbocycles. The van der Waals surface area contributed by atoms with Crippen molar-refractivity contribution in [3.05, 3.63) is 28.3 Å². The van der Waals surface area contributed by atoms with Gasteiger partial charge in [0.1, 0.15) is 0 Å². The van der Waals surface area contributed by atoms with Gasteiger partial charge in [-0.2, -0.15) is 0 Å². The average molecular weight is 288 g/mol. The van der Waals surface area contributed by atoms with Crippen LogP contribution in [0.3, 0.4) is 0 Å². The predicted octanol–water partition coefficient (Wildman–Crippen LogP) is 3.71. The van der Waals surface area contributed by atoms with Crippen LogP contribution in [0.25, 0.3) is 11.0 Å². The zero-order valence-electron chi connectivity index (χ0n) is 12.3. The molecular formula is C15H20N4O2. The van der Waals surface area contributed by atoms with Gasteiger partial charge in [-0.3, -0.25) is 10.1 Å². The van der Waals surface area contributed by atoms with Gasteiger partial charge in [0.2, 0.25) is 5.95 Å². The van der Waals surface area contributed by atoms with Crippen molar-refractivity contribution in [2.75, 3.05) is 5.32 Å². The molecule has 21 heavy (non-hydrogen) atoms. The molecule has 6 heteroatoms. The molecule has 112 valence electrons. The molecule has 0 radical (unpaired) electrons. The van der Waals surface area contributed by atoms with Gasteiger partial charge in [-0.15, -0.1) is 0 Å². The Bertz CT molecular complexity index is 667. The summed E-state index contributed by atoms with van der Waals surface area (Å²) in [4.78, 5) is 18.0. The van der Waals surface area contributed by atoms with Crippen LogP contribution in [0.2, 0.25) is 0 Å². The first-order valence-electron chi connectivity index (χ1n) is 7.43. The minimum atomic E-state index is -0.391. The Morgan fingerprint density at radius 3 is 2.90 bits per heavy atom. The molecule has 2 aromatic rings. The number of aromatic amines is 1. The molecule has 1 fully saturated rings. The molecule has 3 rings (SSSR count). The van der Waals surface area contributed by atoms with E-state index in [1.165, 1.54) is 25.0 Å². The topological polar surface area (TPSA) is 83.8 Å². The number of nitrogens with zero attached hydrogens (tertiary/aromatic N) is 2. The van der Waals surface area contributed by atoms with E-state index in [9.17, 15) is 10.1 Å². The third-order valence-electron chi connectivity index (χ3n) is 4.43. The van der Waals surface area contributed by atoms with Gasteiger partial charge in [0, 0.05) is 18.2 Å². The minimum Gasteiger partial charge on any atom is -0.353 e. The second-order valence-electron chi connectivity index (χ2n) is 6.19. The summed E-state index contributed by atoms with van der Waals surface area (Å²) in [5.74, 6) is 2.10. The normalized spacial score (nSPS) is 25.9. The van der Waals surface area contributed by atoms with Gasteiger partial charge in [-0.1, -0.05) is 13.8 Å². The first kappa shape index (κ1) is 13.9. The molecule has 1 saturated carbocycles. The maximum absolute atomic E-state index is 10.8. The molecule has 1 aliphatic carbocycles. The molecule has 1 aliphatic rings. The van der Waals surface area contributed by atoms with Crippen molar-refractivity contribution in [1.29, 1.82) is 0 Å². The Kier molecular flexibility index (Phi) is 3.53. The molecule has 1 heterocycles. The highest BCUT2D eigenvalue weighted by Crippen LogP contribution is 2.30. The van der Waals surface area contributed by atoms with Crippen LogP contribution < -0.4 is 5.32 Å². The third kappa shape index (κ3) is 2.84. The van der Waals surface area contributed by atoms with E-state index in [0.29, 0.717) is 23.4 Å². The molecule has 0 spiro atoms. The van der Waals surface area contributed by atoms with Crippen LogP contribution in [0.15, 0.2) is 18.2 Å².